The highest BCUT2D eigenvalue weighted by atomic mass is 79.9. The summed E-state index contributed by atoms with van der Waals surface area (Å²) >= 11 is 3.17. The Bertz CT molecular complexity index is 195. The average Bonchev–Trinajstić information content (AvgIpc) is 2.11. The molecule has 0 aromatic carbocycles. The maximum atomic E-state index is 11.1. The standard InChI is InChI=1S/C10H21BrO3Si/c1-5-14-15(3,4)8-6-7-13-10(12)9(2)11/h9H,5-8H2,1-4H3. The summed E-state index contributed by atoms with van der Waals surface area (Å²) in [6.45, 7) is 9.43. The number of ether oxygens (including phenoxy) is 1. The Labute approximate surface area is 102 Å². The summed E-state index contributed by atoms with van der Waals surface area (Å²) in [6, 6.07) is 1.03. The molecule has 0 fully saturated rings. The number of carbonyl (C=O) groups excluding carboxylic acids is 1. The number of esters is 1. The van der Waals surface area contributed by atoms with Crippen molar-refractivity contribution in [2.45, 2.75) is 44.2 Å². The topological polar surface area (TPSA) is 35.5 Å². The number of carbonyl (C=O) groups is 1. The summed E-state index contributed by atoms with van der Waals surface area (Å²) < 4.78 is 10.7. The van der Waals surface area contributed by atoms with Gasteiger partial charge in [0, 0.05) is 6.61 Å². The van der Waals surface area contributed by atoms with E-state index in [1.165, 1.54) is 0 Å². The second-order valence-corrected chi connectivity index (χ2v) is 9.76. The van der Waals surface area contributed by atoms with Crippen LogP contribution in [0.15, 0.2) is 0 Å². The molecule has 90 valence electrons. The smallest absolute Gasteiger partial charge is 0.319 e. The van der Waals surface area contributed by atoms with E-state index in [1.54, 1.807) is 6.92 Å². The van der Waals surface area contributed by atoms with Crippen LogP contribution in [0.3, 0.4) is 0 Å². The van der Waals surface area contributed by atoms with Crippen LogP contribution in [-0.4, -0.2) is 32.3 Å². The highest BCUT2D eigenvalue weighted by molar-refractivity contribution is 9.10. The predicted molar refractivity (Wildman–Crippen MR) is 67.9 cm³/mol. The average molecular weight is 297 g/mol. The minimum absolute atomic E-state index is 0.189. The zero-order valence-electron chi connectivity index (χ0n) is 10.0. The molecule has 0 saturated heterocycles. The van der Waals surface area contributed by atoms with Crippen molar-refractivity contribution in [3.63, 3.8) is 0 Å². The van der Waals surface area contributed by atoms with E-state index in [4.69, 9.17) is 9.16 Å². The molecular weight excluding hydrogens is 276 g/mol. The molecule has 0 spiro atoms. The van der Waals surface area contributed by atoms with Crippen LogP contribution in [0.25, 0.3) is 0 Å². The first kappa shape index (κ1) is 15.1. The predicted octanol–water partition coefficient (Wildman–Crippen LogP) is 2.94. The number of hydrogen-bond acceptors (Lipinski definition) is 3. The van der Waals surface area contributed by atoms with E-state index < -0.39 is 8.32 Å². The van der Waals surface area contributed by atoms with Crippen molar-refractivity contribution in [3.05, 3.63) is 0 Å². The van der Waals surface area contributed by atoms with E-state index in [9.17, 15) is 4.79 Å². The molecule has 1 atom stereocenters. The fraction of sp³-hybridized carbons (Fsp3) is 0.900. The first-order chi connectivity index (χ1) is 6.89. The van der Waals surface area contributed by atoms with E-state index in [1.807, 2.05) is 6.92 Å². The van der Waals surface area contributed by atoms with Gasteiger partial charge in [0.05, 0.1) is 6.61 Å². The molecule has 3 nitrogen and oxygen atoms in total. The number of halogens is 1. The number of alkyl halides is 1. The van der Waals surface area contributed by atoms with Crippen LogP contribution in [0, 0.1) is 0 Å². The zero-order chi connectivity index (χ0) is 11.9. The van der Waals surface area contributed by atoms with Crippen LogP contribution >= 0.6 is 15.9 Å². The summed E-state index contributed by atoms with van der Waals surface area (Å²) in [7, 11) is -1.51. The maximum absolute atomic E-state index is 11.1. The highest BCUT2D eigenvalue weighted by Crippen LogP contribution is 2.13. The van der Waals surface area contributed by atoms with Gasteiger partial charge in [0.2, 0.25) is 0 Å². The molecular formula is C10H21BrO3Si. The molecule has 0 aliphatic rings. The fourth-order valence-electron chi connectivity index (χ4n) is 1.25. The molecule has 0 aliphatic heterocycles. The van der Waals surface area contributed by atoms with Crippen LogP contribution in [0.1, 0.15) is 20.3 Å². The van der Waals surface area contributed by atoms with Gasteiger partial charge in [0.25, 0.3) is 0 Å². The molecule has 0 heterocycles. The molecule has 0 radical (unpaired) electrons. The van der Waals surface area contributed by atoms with Crippen molar-refractivity contribution in [3.8, 4) is 0 Å². The van der Waals surface area contributed by atoms with E-state index in [0.717, 1.165) is 19.1 Å². The molecule has 0 amide bonds. The molecule has 0 aromatic heterocycles. The van der Waals surface area contributed by atoms with E-state index in [0.29, 0.717) is 6.61 Å². The monoisotopic (exact) mass is 296 g/mol. The van der Waals surface area contributed by atoms with Gasteiger partial charge < -0.3 is 9.16 Å². The van der Waals surface area contributed by atoms with Gasteiger partial charge in [0.1, 0.15) is 4.83 Å². The van der Waals surface area contributed by atoms with Crippen molar-refractivity contribution >= 4 is 30.2 Å². The molecule has 0 rings (SSSR count). The summed E-state index contributed by atoms with van der Waals surface area (Å²) in [5, 5.41) is 0. The summed E-state index contributed by atoms with van der Waals surface area (Å²) in [4.78, 5) is 10.9. The number of rotatable bonds is 7. The Morgan fingerprint density at radius 3 is 2.53 bits per heavy atom. The van der Waals surface area contributed by atoms with Gasteiger partial charge in [-0.1, -0.05) is 15.9 Å². The van der Waals surface area contributed by atoms with Gasteiger partial charge in [0.15, 0.2) is 8.32 Å². The Kier molecular flexibility index (Phi) is 7.47. The lowest BCUT2D eigenvalue weighted by atomic mass is 10.5. The normalized spacial score (nSPS) is 13.7. The lowest BCUT2D eigenvalue weighted by Gasteiger charge is -2.21. The molecule has 0 aromatic rings. The maximum Gasteiger partial charge on any atom is 0.319 e. The van der Waals surface area contributed by atoms with Crippen LogP contribution in [-0.2, 0) is 14.0 Å². The molecule has 15 heavy (non-hydrogen) atoms. The first-order valence-corrected chi connectivity index (χ1v) is 9.37. The van der Waals surface area contributed by atoms with Crippen molar-refractivity contribution in [2.75, 3.05) is 13.2 Å². The Morgan fingerprint density at radius 1 is 1.47 bits per heavy atom. The van der Waals surface area contributed by atoms with Gasteiger partial charge in [-0.3, -0.25) is 4.79 Å². The second-order valence-electron chi connectivity index (χ2n) is 4.08. The van der Waals surface area contributed by atoms with Crippen molar-refractivity contribution < 1.29 is 14.0 Å². The number of hydrogen-bond donors (Lipinski definition) is 0. The quantitative estimate of drug-likeness (QED) is 0.314. The Morgan fingerprint density at radius 2 is 2.07 bits per heavy atom. The van der Waals surface area contributed by atoms with Crippen LogP contribution in [0.5, 0.6) is 0 Å². The van der Waals surface area contributed by atoms with Crippen LogP contribution in [0.2, 0.25) is 19.1 Å². The van der Waals surface area contributed by atoms with Gasteiger partial charge in [-0.15, -0.1) is 0 Å². The third kappa shape index (κ3) is 7.99. The van der Waals surface area contributed by atoms with Crippen molar-refractivity contribution in [1.82, 2.24) is 0 Å². The minimum atomic E-state index is -1.51. The Balaban J connectivity index is 3.58. The lowest BCUT2D eigenvalue weighted by molar-refractivity contribution is -0.142. The molecule has 0 aliphatic carbocycles. The summed E-state index contributed by atoms with van der Waals surface area (Å²) in [5.74, 6) is -0.189. The van der Waals surface area contributed by atoms with Crippen LogP contribution in [0.4, 0.5) is 0 Å². The van der Waals surface area contributed by atoms with E-state index in [2.05, 4.69) is 29.0 Å². The first-order valence-electron chi connectivity index (χ1n) is 5.33. The molecule has 0 bridgehead atoms. The molecule has 1 unspecified atom stereocenters. The summed E-state index contributed by atoms with van der Waals surface area (Å²) in [5.41, 5.74) is 0. The van der Waals surface area contributed by atoms with E-state index in [-0.39, 0.29) is 10.8 Å². The van der Waals surface area contributed by atoms with Gasteiger partial charge in [-0.25, -0.2) is 0 Å². The minimum Gasteiger partial charge on any atom is -0.465 e. The summed E-state index contributed by atoms with van der Waals surface area (Å²) in [6.07, 6.45) is 0.894. The van der Waals surface area contributed by atoms with Crippen LogP contribution < -0.4 is 0 Å². The second kappa shape index (κ2) is 7.41. The largest absolute Gasteiger partial charge is 0.465 e. The third-order valence-corrected chi connectivity index (χ3v) is 5.03. The Hall–Kier alpha value is 0.127. The van der Waals surface area contributed by atoms with Gasteiger partial charge in [-0.05, 0) is 39.4 Å². The van der Waals surface area contributed by atoms with Gasteiger partial charge >= 0.3 is 5.97 Å². The molecule has 0 N–H and O–H groups in total. The fourth-order valence-corrected chi connectivity index (χ4v) is 3.30. The van der Waals surface area contributed by atoms with Gasteiger partial charge in [-0.2, -0.15) is 0 Å². The molecule has 5 heteroatoms. The third-order valence-electron chi connectivity index (χ3n) is 2.03. The molecule has 0 saturated carbocycles. The van der Waals surface area contributed by atoms with E-state index >= 15 is 0 Å². The van der Waals surface area contributed by atoms with Crippen molar-refractivity contribution in [1.29, 1.82) is 0 Å². The SMILES string of the molecule is CCO[Si](C)(C)CCCOC(=O)C(C)Br. The lowest BCUT2D eigenvalue weighted by Crippen LogP contribution is -2.30. The van der Waals surface area contributed by atoms with Crippen molar-refractivity contribution in [2.24, 2.45) is 0 Å². The highest BCUT2D eigenvalue weighted by Gasteiger charge is 2.21. The zero-order valence-corrected chi connectivity index (χ0v) is 12.6.